The van der Waals surface area contributed by atoms with Gasteiger partial charge in [-0.1, -0.05) is 30.3 Å². The van der Waals surface area contributed by atoms with Gasteiger partial charge < -0.3 is 0 Å². The molecule has 2 aromatic rings. The predicted octanol–water partition coefficient (Wildman–Crippen LogP) is 2.46. The molecular weight excluding hydrogens is 350 g/mol. The zero-order valence-electron chi connectivity index (χ0n) is 14.5. The number of nitro groups is 1. The van der Waals surface area contributed by atoms with Crippen LogP contribution in [0.3, 0.4) is 0 Å². The van der Waals surface area contributed by atoms with E-state index in [1.807, 2.05) is 18.2 Å². The molecule has 4 rings (SSSR count). The first-order chi connectivity index (χ1) is 13.0. The van der Waals surface area contributed by atoms with E-state index in [4.69, 9.17) is 4.84 Å². The number of carbonyl (C=O) groups is 2. The Kier molecular flexibility index (Phi) is 4.12. The van der Waals surface area contributed by atoms with E-state index < -0.39 is 23.0 Å². The molecule has 0 saturated carbocycles. The lowest BCUT2D eigenvalue weighted by Gasteiger charge is -2.28. The average molecular weight is 367 g/mol. The number of nitro benzene ring substituents is 1. The SMILES string of the molecule is CCN1C(=O)C2ON(c3ccccc3)C(c3cccc([N+](=O)[O-])c3)C2C1=O. The maximum Gasteiger partial charge on any atom is 0.269 e. The maximum absolute atomic E-state index is 12.9. The van der Waals surface area contributed by atoms with Crippen molar-refractivity contribution in [1.82, 2.24) is 4.90 Å². The van der Waals surface area contributed by atoms with Gasteiger partial charge in [0.2, 0.25) is 5.91 Å². The van der Waals surface area contributed by atoms with Crippen molar-refractivity contribution in [2.75, 3.05) is 11.6 Å². The second-order valence-corrected chi connectivity index (χ2v) is 6.43. The molecule has 8 heteroatoms. The fraction of sp³-hybridized carbons (Fsp3) is 0.263. The van der Waals surface area contributed by atoms with E-state index in [0.29, 0.717) is 11.3 Å². The number of para-hydroxylation sites is 1. The summed E-state index contributed by atoms with van der Waals surface area (Å²) in [5.74, 6) is -1.44. The normalized spacial score (nSPS) is 24.4. The van der Waals surface area contributed by atoms with E-state index in [9.17, 15) is 19.7 Å². The Hall–Kier alpha value is -3.26. The molecule has 2 aromatic carbocycles. The molecule has 3 unspecified atom stereocenters. The average Bonchev–Trinajstić information content (AvgIpc) is 3.19. The van der Waals surface area contributed by atoms with Crippen LogP contribution in [0.2, 0.25) is 0 Å². The topological polar surface area (TPSA) is 93.0 Å². The number of non-ortho nitro benzene ring substituents is 1. The second-order valence-electron chi connectivity index (χ2n) is 6.43. The van der Waals surface area contributed by atoms with Crippen LogP contribution in [0, 0.1) is 16.0 Å². The van der Waals surface area contributed by atoms with Crippen molar-refractivity contribution in [2.45, 2.75) is 19.1 Å². The van der Waals surface area contributed by atoms with E-state index in [-0.39, 0.29) is 24.0 Å². The Morgan fingerprint density at radius 3 is 2.48 bits per heavy atom. The minimum absolute atomic E-state index is 0.0759. The minimum atomic E-state index is -0.929. The molecule has 8 nitrogen and oxygen atoms in total. The van der Waals surface area contributed by atoms with Crippen LogP contribution >= 0.6 is 0 Å². The zero-order valence-corrected chi connectivity index (χ0v) is 14.5. The first-order valence-corrected chi connectivity index (χ1v) is 8.63. The third-order valence-corrected chi connectivity index (χ3v) is 4.96. The fourth-order valence-electron chi connectivity index (χ4n) is 3.74. The highest BCUT2D eigenvalue weighted by Crippen LogP contribution is 2.46. The summed E-state index contributed by atoms with van der Waals surface area (Å²) in [7, 11) is 0. The lowest BCUT2D eigenvalue weighted by molar-refractivity contribution is -0.384. The Bertz CT molecular complexity index is 917. The lowest BCUT2D eigenvalue weighted by Crippen LogP contribution is -2.37. The number of carbonyl (C=O) groups excluding carboxylic acids is 2. The van der Waals surface area contributed by atoms with E-state index in [0.717, 1.165) is 0 Å². The molecule has 2 amide bonds. The molecule has 0 spiro atoms. The first kappa shape index (κ1) is 17.2. The van der Waals surface area contributed by atoms with Crippen molar-refractivity contribution in [3.8, 4) is 0 Å². The number of benzene rings is 2. The molecule has 2 aliphatic heterocycles. The number of rotatable bonds is 4. The summed E-state index contributed by atoms with van der Waals surface area (Å²) in [5.41, 5.74) is 1.15. The standard InChI is InChI=1S/C19H17N3O5/c1-2-20-18(23)15-16(12-7-6-10-14(11-12)22(25)26)21(27-17(15)19(20)24)13-8-4-3-5-9-13/h3-11,15-17H,2H2,1H3. The summed E-state index contributed by atoms with van der Waals surface area (Å²) in [6, 6.07) is 14.6. The number of likely N-dealkylation sites (N-methyl/N-ethyl adjacent to an activating group) is 1. The summed E-state index contributed by atoms with van der Waals surface area (Å²) < 4.78 is 0. The van der Waals surface area contributed by atoms with Gasteiger partial charge in [0, 0.05) is 18.7 Å². The largest absolute Gasteiger partial charge is 0.280 e. The molecule has 0 N–H and O–H groups in total. The first-order valence-electron chi connectivity index (χ1n) is 8.63. The van der Waals surface area contributed by atoms with Gasteiger partial charge in [-0.3, -0.25) is 29.4 Å². The molecular formula is C19H17N3O5. The number of fused-ring (bicyclic) bond motifs is 1. The van der Waals surface area contributed by atoms with Crippen molar-refractivity contribution in [1.29, 1.82) is 0 Å². The number of hydroxylamine groups is 1. The summed E-state index contributed by atoms with van der Waals surface area (Å²) in [6.07, 6.45) is -0.929. The van der Waals surface area contributed by atoms with Crippen LogP contribution in [-0.4, -0.2) is 34.3 Å². The Balaban J connectivity index is 1.82. The minimum Gasteiger partial charge on any atom is -0.280 e. The van der Waals surface area contributed by atoms with Crippen LogP contribution in [0.15, 0.2) is 54.6 Å². The van der Waals surface area contributed by atoms with Gasteiger partial charge in [0.25, 0.3) is 11.6 Å². The molecule has 3 atom stereocenters. The summed E-state index contributed by atoms with van der Waals surface area (Å²) >= 11 is 0. The highest BCUT2D eigenvalue weighted by molar-refractivity contribution is 6.07. The van der Waals surface area contributed by atoms with Crippen LogP contribution in [0.25, 0.3) is 0 Å². The van der Waals surface area contributed by atoms with Gasteiger partial charge in [0.05, 0.1) is 16.7 Å². The summed E-state index contributed by atoms with van der Waals surface area (Å²) in [4.78, 5) is 43.3. The van der Waals surface area contributed by atoms with Crippen LogP contribution in [0.1, 0.15) is 18.5 Å². The quantitative estimate of drug-likeness (QED) is 0.468. The number of anilines is 1. The monoisotopic (exact) mass is 367 g/mol. The van der Waals surface area contributed by atoms with E-state index in [1.165, 1.54) is 22.1 Å². The van der Waals surface area contributed by atoms with Crippen molar-refractivity contribution in [3.05, 3.63) is 70.3 Å². The molecule has 0 bridgehead atoms. The van der Waals surface area contributed by atoms with Crippen molar-refractivity contribution in [2.24, 2.45) is 5.92 Å². The Labute approximate surface area is 155 Å². The molecule has 27 heavy (non-hydrogen) atoms. The van der Waals surface area contributed by atoms with E-state index in [2.05, 4.69) is 0 Å². The number of hydrogen-bond donors (Lipinski definition) is 0. The van der Waals surface area contributed by atoms with E-state index >= 15 is 0 Å². The van der Waals surface area contributed by atoms with Gasteiger partial charge >= 0.3 is 0 Å². The maximum atomic E-state index is 12.9. The number of amides is 2. The summed E-state index contributed by atoms with van der Waals surface area (Å²) in [5, 5.41) is 12.7. The van der Waals surface area contributed by atoms with Gasteiger partial charge in [-0.15, -0.1) is 0 Å². The Morgan fingerprint density at radius 2 is 1.81 bits per heavy atom. The molecule has 0 aliphatic carbocycles. The van der Waals surface area contributed by atoms with Gasteiger partial charge in [0.15, 0.2) is 6.10 Å². The molecule has 138 valence electrons. The van der Waals surface area contributed by atoms with Gasteiger partial charge in [-0.05, 0) is 24.6 Å². The van der Waals surface area contributed by atoms with Crippen molar-refractivity contribution in [3.63, 3.8) is 0 Å². The molecule has 2 saturated heterocycles. The van der Waals surface area contributed by atoms with Gasteiger partial charge in [-0.25, -0.2) is 5.06 Å². The smallest absolute Gasteiger partial charge is 0.269 e. The number of likely N-dealkylation sites (tertiary alicyclic amines) is 1. The molecule has 2 heterocycles. The van der Waals surface area contributed by atoms with E-state index in [1.54, 1.807) is 31.2 Å². The lowest BCUT2D eigenvalue weighted by atomic mass is 9.90. The second kappa shape index (κ2) is 6.48. The molecule has 2 fully saturated rings. The van der Waals surface area contributed by atoms with Gasteiger partial charge in [-0.2, -0.15) is 0 Å². The number of hydrogen-bond acceptors (Lipinski definition) is 6. The van der Waals surface area contributed by atoms with Gasteiger partial charge in [0.1, 0.15) is 5.92 Å². The molecule has 2 aliphatic rings. The highest BCUT2D eigenvalue weighted by atomic mass is 16.7. The van der Waals surface area contributed by atoms with Crippen molar-refractivity contribution < 1.29 is 19.3 Å². The molecule has 0 radical (unpaired) electrons. The molecule has 0 aromatic heterocycles. The zero-order chi connectivity index (χ0) is 19.1. The van der Waals surface area contributed by atoms with Crippen LogP contribution < -0.4 is 5.06 Å². The predicted molar refractivity (Wildman–Crippen MR) is 95.5 cm³/mol. The third-order valence-electron chi connectivity index (χ3n) is 4.96. The highest BCUT2D eigenvalue weighted by Gasteiger charge is 2.59. The Morgan fingerprint density at radius 1 is 1.07 bits per heavy atom. The number of nitrogens with zero attached hydrogens (tertiary/aromatic N) is 3. The van der Waals surface area contributed by atoms with Crippen LogP contribution in [0.4, 0.5) is 11.4 Å². The van der Waals surface area contributed by atoms with Crippen LogP contribution in [-0.2, 0) is 14.4 Å². The summed E-state index contributed by atoms with van der Waals surface area (Å²) in [6.45, 7) is 2.00. The van der Waals surface area contributed by atoms with Crippen LogP contribution in [0.5, 0.6) is 0 Å². The van der Waals surface area contributed by atoms with Crippen molar-refractivity contribution >= 4 is 23.2 Å². The fourth-order valence-corrected chi connectivity index (χ4v) is 3.74. The third kappa shape index (κ3) is 2.65. The number of imide groups is 1.